The van der Waals surface area contributed by atoms with Crippen LogP contribution in [0, 0.1) is 6.92 Å². The monoisotopic (exact) mass is 296 g/mol. The molecule has 0 saturated carbocycles. The molecule has 0 bridgehead atoms. The number of nitrogen functional groups attached to an aromatic ring is 1. The Labute approximate surface area is 124 Å². The fourth-order valence-electron chi connectivity index (χ4n) is 2.74. The van der Waals surface area contributed by atoms with Gasteiger partial charge in [0.2, 0.25) is 0 Å². The molecule has 1 aromatic heterocycles. The van der Waals surface area contributed by atoms with Crippen LogP contribution in [0.15, 0.2) is 0 Å². The van der Waals surface area contributed by atoms with Gasteiger partial charge in [-0.3, -0.25) is 9.48 Å². The third-order valence-electron chi connectivity index (χ3n) is 3.65. The lowest BCUT2D eigenvalue weighted by Crippen LogP contribution is -2.55. The number of nitrogens with zero attached hydrogens (tertiary/aromatic N) is 3. The number of morpholine rings is 1. The maximum absolute atomic E-state index is 12.8. The molecule has 0 spiro atoms. The minimum atomic E-state index is -0.498. The van der Waals surface area contributed by atoms with Crippen LogP contribution < -0.4 is 5.73 Å². The van der Waals surface area contributed by atoms with Gasteiger partial charge in [0, 0.05) is 19.6 Å². The Morgan fingerprint density at radius 2 is 2.24 bits per heavy atom. The summed E-state index contributed by atoms with van der Waals surface area (Å²) < 4.78 is 7.36. The molecule has 0 aliphatic carbocycles. The molecule has 1 aliphatic heterocycles. The van der Waals surface area contributed by atoms with E-state index in [2.05, 4.69) is 5.10 Å². The average molecular weight is 296 g/mol. The minimum Gasteiger partial charge on any atom is -0.395 e. The van der Waals surface area contributed by atoms with Crippen molar-refractivity contribution in [1.82, 2.24) is 14.7 Å². The maximum atomic E-state index is 12.8. The van der Waals surface area contributed by atoms with Gasteiger partial charge in [-0.15, -0.1) is 0 Å². The number of amides is 1. The van der Waals surface area contributed by atoms with Crippen molar-refractivity contribution in [3.8, 4) is 0 Å². The smallest absolute Gasteiger partial charge is 0.274 e. The molecule has 2 heterocycles. The van der Waals surface area contributed by atoms with Crippen molar-refractivity contribution in [1.29, 1.82) is 0 Å². The summed E-state index contributed by atoms with van der Waals surface area (Å²) in [6, 6.07) is 0. The van der Waals surface area contributed by atoms with Crippen LogP contribution in [-0.4, -0.2) is 57.1 Å². The first-order chi connectivity index (χ1) is 9.79. The summed E-state index contributed by atoms with van der Waals surface area (Å²) >= 11 is 0. The van der Waals surface area contributed by atoms with Gasteiger partial charge < -0.3 is 20.5 Å². The first-order valence-electron chi connectivity index (χ1n) is 7.20. The Bertz CT molecular complexity index is 539. The van der Waals surface area contributed by atoms with Gasteiger partial charge in [0.05, 0.1) is 29.7 Å². The molecule has 21 heavy (non-hydrogen) atoms. The number of aliphatic hydroxyl groups is 1. The Hall–Kier alpha value is -1.60. The highest BCUT2D eigenvalue weighted by molar-refractivity contribution is 5.98. The molecule has 7 nitrogen and oxygen atoms in total. The number of carbonyl (C=O) groups is 1. The maximum Gasteiger partial charge on any atom is 0.274 e. The fraction of sp³-hybridized carbons (Fsp3) is 0.714. The Morgan fingerprint density at radius 1 is 1.57 bits per heavy atom. The number of nitrogens with two attached hydrogens (primary N) is 1. The van der Waals surface area contributed by atoms with Gasteiger partial charge in [0.15, 0.2) is 0 Å². The van der Waals surface area contributed by atoms with E-state index in [1.54, 1.807) is 16.5 Å². The van der Waals surface area contributed by atoms with E-state index in [0.29, 0.717) is 36.7 Å². The number of hydrogen-bond donors (Lipinski definition) is 2. The topological polar surface area (TPSA) is 93.6 Å². The number of ether oxygens (including phenoxy) is 1. The van der Waals surface area contributed by atoms with E-state index in [4.69, 9.17) is 10.5 Å². The molecular weight excluding hydrogens is 272 g/mol. The lowest BCUT2D eigenvalue weighted by Gasteiger charge is -2.42. The molecule has 7 heteroatoms. The highest BCUT2D eigenvalue weighted by Crippen LogP contribution is 2.25. The summed E-state index contributed by atoms with van der Waals surface area (Å²) in [6.45, 7) is 8.79. The third kappa shape index (κ3) is 3.03. The van der Waals surface area contributed by atoms with Crippen LogP contribution in [0.2, 0.25) is 0 Å². The number of hydrogen-bond acceptors (Lipinski definition) is 5. The number of aliphatic hydroxyl groups excluding tert-OH is 1. The van der Waals surface area contributed by atoms with E-state index in [1.165, 1.54) is 0 Å². The van der Waals surface area contributed by atoms with E-state index in [1.807, 2.05) is 20.8 Å². The minimum absolute atomic E-state index is 0.116. The lowest BCUT2D eigenvalue weighted by atomic mass is 10.0. The number of aryl methyl sites for hydroxylation is 2. The van der Waals surface area contributed by atoms with Crippen LogP contribution in [0.4, 0.5) is 5.69 Å². The van der Waals surface area contributed by atoms with Crippen LogP contribution in [-0.2, 0) is 11.3 Å². The number of rotatable bonds is 3. The summed E-state index contributed by atoms with van der Waals surface area (Å²) in [5.74, 6) is -0.162. The van der Waals surface area contributed by atoms with Crippen molar-refractivity contribution in [2.24, 2.45) is 0 Å². The summed E-state index contributed by atoms with van der Waals surface area (Å²) in [6.07, 6.45) is -0.377. The summed E-state index contributed by atoms with van der Waals surface area (Å²) in [5, 5.41) is 13.6. The second-order valence-corrected chi connectivity index (χ2v) is 6.03. The van der Waals surface area contributed by atoms with Crippen LogP contribution in [0.1, 0.15) is 37.0 Å². The van der Waals surface area contributed by atoms with Gasteiger partial charge in [-0.05, 0) is 27.7 Å². The van der Waals surface area contributed by atoms with Gasteiger partial charge in [0.25, 0.3) is 5.91 Å². The van der Waals surface area contributed by atoms with Crippen LogP contribution in [0.3, 0.4) is 0 Å². The Kier molecular flexibility index (Phi) is 4.25. The van der Waals surface area contributed by atoms with Gasteiger partial charge >= 0.3 is 0 Å². The molecule has 118 valence electrons. The van der Waals surface area contributed by atoms with Crippen molar-refractivity contribution in [2.45, 2.75) is 45.9 Å². The second-order valence-electron chi connectivity index (χ2n) is 6.03. The molecular formula is C14H24N4O3. The molecule has 1 amide bonds. The molecule has 1 aromatic rings. The average Bonchev–Trinajstić information content (AvgIpc) is 2.71. The fourth-order valence-corrected chi connectivity index (χ4v) is 2.74. The zero-order chi connectivity index (χ0) is 15.8. The lowest BCUT2D eigenvalue weighted by molar-refractivity contribution is -0.139. The van der Waals surface area contributed by atoms with E-state index < -0.39 is 5.60 Å². The van der Waals surface area contributed by atoms with E-state index in [-0.39, 0.29) is 18.6 Å². The first kappa shape index (κ1) is 15.8. The van der Waals surface area contributed by atoms with Crippen LogP contribution in [0.5, 0.6) is 0 Å². The third-order valence-corrected chi connectivity index (χ3v) is 3.65. The van der Waals surface area contributed by atoms with Crippen molar-refractivity contribution in [2.75, 3.05) is 25.4 Å². The molecule has 2 rings (SSSR count). The van der Waals surface area contributed by atoms with E-state index in [0.717, 1.165) is 0 Å². The molecule has 1 unspecified atom stereocenters. The van der Waals surface area contributed by atoms with Crippen molar-refractivity contribution < 1.29 is 14.6 Å². The highest BCUT2D eigenvalue weighted by atomic mass is 16.5. The second kappa shape index (κ2) is 5.65. The number of anilines is 1. The molecule has 0 aromatic carbocycles. The SMILES string of the molecule is CCn1nc(C)c(N)c1C(=O)N1CC(CO)OC(C)(C)C1. The molecule has 3 N–H and O–H groups in total. The molecule has 0 radical (unpaired) electrons. The molecule has 1 saturated heterocycles. The molecule has 1 atom stereocenters. The van der Waals surface area contributed by atoms with Crippen molar-refractivity contribution in [3.63, 3.8) is 0 Å². The zero-order valence-electron chi connectivity index (χ0n) is 13.1. The van der Waals surface area contributed by atoms with Crippen molar-refractivity contribution >= 4 is 11.6 Å². The summed E-state index contributed by atoms with van der Waals surface area (Å²) in [5.41, 5.74) is 7.01. The van der Waals surface area contributed by atoms with Crippen LogP contribution >= 0.6 is 0 Å². The normalized spacial score (nSPS) is 21.6. The number of aromatic nitrogens is 2. The van der Waals surface area contributed by atoms with Gasteiger partial charge in [-0.2, -0.15) is 5.10 Å². The quantitative estimate of drug-likeness (QED) is 0.842. The predicted molar refractivity (Wildman–Crippen MR) is 79.0 cm³/mol. The highest BCUT2D eigenvalue weighted by Gasteiger charge is 2.37. The summed E-state index contributed by atoms with van der Waals surface area (Å²) in [4.78, 5) is 14.5. The van der Waals surface area contributed by atoms with E-state index >= 15 is 0 Å². The number of carbonyl (C=O) groups excluding carboxylic acids is 1. The summed E-state index contributed by atoms with van der Waals surface area (Å²) in [7, 11) is 0. The van der Waals surface area contributed by atoms with Gasteiger partial charge in [-0.1, -0.05) is 0 Å². The predicted octanol–water partition coefficient (Wildman–Crippen LogP) is 0.406. The van der Waals surface area contributed by atoms with Crippen molar-refractivity contribution in [3.05, 3.63) is 11.4 Å². The largest absolute Gasteiger partial charge is 0.395 e. The van der Waals surface area contributed by atoms with Crippen LogP contribution in [0.25, 0.3) is 0 Å². The zero-order valence-corrected chi connectivity index (χ0v) is 13.1. The molecule has 1 aliphatic rings. The first-order valence-corrected chi connectivity index (χ1v) is 7.20. The molecule has 1 fully saturated rings. The Morgan fingerprint density at radius 3 is 2.81 bits per heavy atom. The van der Waals surface area contributed by atoms with E-state index in [9.17, 15) is 9.90 Å². The standard InChI is InChI=1S/C14H24N4O3/c1-5-18-12(11(15)9(2)16-18)13(20)17-6-10(7-19)21-14(3,4)8-17/h10,19H,5-8,15H2,1-4H3. The van der Waals surface area contributed by atoms with Gasteiger partial charge in [0.1, 0.15) is 5.69 Å². The van der Waals surface area contributed by atoms with Gasteiger partial charge in [-0.25, -0.2) is 0 Å². The Balaban J connectivity index is 2.31.